The highest BCUT2D eigenvalue weighted by molar-refractivity contribution is 5.85. The Morgan fingerprint density at radius 1 is 1.11 bits per heavy atom. The van der Waals surface area contributed by atoms with Crippen molar-refractivity contribution in [2.45, 2.75) is 39.2 Å². The number of hydrogen-bond donors (Lipinski definition) is 3. The number of carboxylic acid groups (broad SMARTS) is 1. The number of nitrogens with two attached hydrogens (primary N) is 1. The lowest BCUT2D eigenvalue weighted by Gasteiger charge is -2.11. The number of halogens is 1. The molecular formula is C17H23ClN2O7. The fourth-order valence-corrected chi connectivity index (χ4v) is 2.03. The highest BCUT2D eigenvalue weighted by Crippen LogP contribution is 2.29. The summed E-state index contributed by atoms with van der Waals surface area (Å²) in [6.45, 7) is 2.76. The van der Waals surface area contributed by atoms with Crippen LogP contribution < -0.4 is 20.5 Å². The maximum atomic E-state index is 11.7. The SMILES string of the molecule is CC(=O)Oc1ccc(CCNC(=O)CC[C@H](N)C(=O)O)cc1OC(C)=O.Cl. The number of carbonyl (C=O) groups is 4. The molecule has 0 heterocycles. The maximum Gasteiger partial charge on any atom is 0.320 e. The number of amides is 1. The number of aliphatic carboxylic acids is 1. The van der Waals surface area contributed by atoms with Crippen LogP contribution in [-0.2, 0) is 25.6 Å². The molecular weight excluding hydrogens is 380 g/mol. The molecule has 1 amide bonds. The zero-order valence-electron chi connectivity index (χ0n) is 15.0. The Hall–Kier alpha value is -2.65. The van der Waals surface area contributed by atoms with Gasteiger partial charge in [-0.2, -0.15) is 0 Å². The third-order valence-corrected chi connectivity index (χ3v) is 3.25. The average molecular weight is 403 g/mol. The van der Waals surface area contributed by atoms with E-state index in [4.69, 9.17) is 20.3 Å². The van der Waals surface area contributed by atoms with Crippen LogP contribution in [0.4, 0.5) is 0 Å². The molecule has 0 aliphatic rings. The van der Waals surface area contributed by atoms with Crippen molar-refractivity contribution in [1.82, 2.24) is 5.32 Å². The maximum absolute atomic E-state index is 11.7. The van der Waals surface area contributed by atoms with Crippen LogP contribution in [0.25, 0.3) is 0 Å². The van der Waals surface area contributed by atoms with E-state index in [0.717, 1.165) is 5.56 Å². The highest BCUT2D eigenvalue weighted by atomic mass is 35.5. The largest absolute Gasteiger partial charge is 0.480 e. The Labute approximate surface area is 162 Å². The van der Waals surface area contributed by atoms with E-state index in [2.05, 4.69) is 5.32 Å². The van der Waals surface area contributed by atoms with Gasteiger partial charge >= 0.3 is 17.9 Å². The van der Waals surface area contributed by atoms with Crippen LogP contribution in [0.15, 0.2) is 18.2 Å². The van der Waals surface area contributed by atoms with Crippen molar-refractivity contribution in [2.75, 3.05) is 6.54 Å². The predicted octanol–water partition coefficient (Wildman–Crippen LogP) is 0.810. The van der Waals surface area contributed by atoms with Gasteiger partial charge in [-0.05, 0) is 30.5 Å². The summed E-state index contributed by atoms with van der Waals surface area (Å²) in [5, 5.41) is 11.3. The van der Waals surface area contributed by atoms with Crippen molar-refractivity contribution in [2.24, 2.45) is 5.73 Å². The monoisotopic (exact) mass is 402 g/mol. The predicted molar refractivity (Wildman–Crippen MR) is 97.9 cm³/mol. The van der Waals surface area contributed by atoms with E-state index in [-0.39, 0.29) is 42.7 Å². The highest BCUT2D eigenvalue weighted by Gasteiger charge is 2.14. The van der Waals surface area contributed by atoms with Crippen molar-refractivity contribution < 1.29 is 33.8 Å². The molecule has 0 unspecified atom stereocenters. The van der Waals surface area contributed by atoms with Crippen LogP contribution in [0, 0.1) is 0 Å². The summed E-state index contributed by atoms with van der Waals surface area (Å²) in [6.07, 6.45) is 0.498. The summed E-state index contributed by atoms with van der Waals surface area (Å²) in [5.41, 5.74) is 6.08. The summed E-state index contributed by atoms with van der Waals surface area (Å²) in [5.74, 6) is -2.31. The lowest BCUT2D eigenvalue weighted by molar-refractivity contribution is -0.139. The first-order valence-corrected chi connectivity index (χ1v) is 7.94. The first-order valence-electron chi connectivity index (χ1n) is 7.94. The molecule has 150 valence electrons. The Balaban J connectivity index is 0.00000676. The molecule has 4 N–H and O–H groups in total. The molecule has 1 aromatic carbocycles. The molecule has 0 aromatic heterocycles. The Kier molecular flexibility index (Phi) is 10.7. The topological polar surface area (TPSA) is 145 Å². The van der Waals surface area contributed by atoms with E-state index in [9.17, 15) is 19.2 Å². The zero-order valence-corrected chi connectivity index (χ0v) is 15.8. The van der Waals surface area contributed by atoms with Gasteiger partial charge in [0.15, 0.2) is 11.5 Å². The number of esters is 2. The molecule has 1 atom stereocenters. The summed E-state index contributed by atoms with van der Waals surface area (Å²) in [7, 11) is 0. The van der Waals surface area contributed by atoms with Crippen molar-refractivity contribution in [3.8, 4) is 11.5 Å². The minimum absolute atomic E-state index is 0. The van der Waals surface area contributed by atoms with E-state index in [1.54, 1.807) is 12.1 Å². The molecule has 0 aliphatic heterocycles. The first-order chi connectivity index (χ1) is 12.2. The molecule has 0 spiro atoms. The van der Waals surface area contributed by atoms with Crippen molar-refractivity contribution in [1.29, 1.82) is 0 Å². The molecule has 0 saturated heterocycles. The second-order valence-corrected chi connectivity index (χ2v) is 5.55. The van der Waals surface area contributed by atoms with Crippen LogP contribution >= 0.6 is 12.4 Å². The number of hydrogen-bond acceptors (Lipinski definition) is 7. The molecule has 10 heteroatoms. The lowest BCUT2D eigenvalue weighted by atomic mass is 10.1. The van der Waals surface area contributed by atoms with E-state index >= 15 is 0 Å². The molecule has 0 bridgehead atoms. The van der Waals surface area contributed by atoms with Gasteiger partial charge in [0.05, 0.1) is 0 Å². The smallest absolute Gasteiger partial charge is 0.320 e. The number of ether oxygens (including phenoxy) is 2. The molecule has 1 rings (SSSR count). The third-order valence-electron chi connectivity index (χ3n) is 3.25. The van der Waals surface area contributed by atoms with Gasteiger partial charge < -0.3 is 25.6 Å². The first kappa shape index (κ1) is 24.4. The van der Waals surface area contributed by atoms with Crippen LogP contribution in [0.3, 0.4) is 0 Å². The molecule has 0 saturated carbocycles. The molecule has 0 radical (unpaired) electrons. The second-order valence-electron chi connectivity index (χ2n) is 5.55. The van der Waals surface area contributed by atoms with Crippen molar-refractivity contribution >= 4 is 36.2 Å². The van der Waals surface area contributed by atoms with Gasteiger partial charge in [0, 0.05) is 26.8 Å². The Morgan fingerprint density at radius 3 is 2.26 bits per heavy atom. The van der Waals surface area contributed by atoms with E-state index in [1.807, 2.05) is 0 Å². The fourth-order valence-electron chi connectivity index (χ4n) is 2.03. The van der Waals surface area contributed by atoms with Crippen LogP contribution in [-0.4, -0.2) is 41.5 Å². The molecule has 0 fully saturated rings. The molecule has 1 aromatic rings. The van der Waals surface area contributed by atoms with Gasteiger partial charge in [-0.1, -0.05) is 6.07 Å². The van der Waals surface area contributed by atoms with Crippen LogP contribution in [0.1, 0.15) is 32.3 Å². The lowest BCUT2D eigenvalue weighted by Crippen LogP contribution is -2.33. The minimum atomic E-state index is -1.15. The van der Waals surface area contributed by atoms with Gasteiger partial charge in [-0.25, -0.2) is 0 Å². The van der Waals surface area contributed by atoms with Crippen molar-refractivity contribution in [3.05, 3.63) is 23.8 Å². The minimum Gasteiger partial charge on any atom is -0.480 e. The zero-order chi connectivity index (χ0) is 19.7. The van der Waals surface area contributed by atoms with Gasteiger partial charge in [-0.15, -0.1) is 12.4 Å². The fraction of sp³-hybridized carbons (Fsp3) is 0.412. The number of rotatable bonds is 9. The summed E-state index contributed by atoms with van der Waals surface area (Å²) >= 11 is 0. The van der Waals surface area contributed by atoms with Gasteiger partial charge in [0.25, 0.3) is 0 Å². The number of carbonyl (C=O) groups excluding carboxylic acids is 3. The number of carboxylic acids is 1. The second kappa shape index (κ2) is 11.9. The quantitative estimate of drug-likeness (QED) is 0.406. The van der Waals surface area contributed by atoms with Crippen LogP contribution in [0.2, 0.25) is 0 Å². The summed E-state index contributed by atoms with van der Waals surface area (Å²) in [4.78, 5) is 44.5. The van der Waals surface area contributed by atoms with Gasteiger partial charge in [-0.3, -0.25) is 19.2 Å². The standard InChI is InChI=1S/C17H22N2O7.ClH/c1-10(20)25-14-5-3-12(9-15(14)26-11(2)21)7-8-19-16(22)6-4-13(18)17(23)24;/h3,5,9,13H,4,6-8,18H2,1-2H3,(H,19,22)(H,23,24);1H/t13-;/m0./s1. The Bertz CT molecular complexity index is 694. The normalized spacial score (nSPS) is 10.9. The summed E-state index contributed by atoms with van der Waals surface area (Å²) < 4.78 is 10.0. The number of nitrogens with one attached hydrogen (secondary N) is 1. The Morgan fingerprint density at radius 2 is 1.70 bits per heavy atom. The van der Waals surface area contributed by atoms with Gasteiger partial charge in [0.1, 0.15) is 6.04 Å². The number of benzene rings is 1. The molecule has 0 aliphatic carbocycles. The third kappa shape index (κ3) is 9.57. The van der Waals surface area contributed by atoms with E-state index in [0.29, 0.717) is 13.0 Å². The molecule has 9 nitrogen and oxygen atoms in total. The van der Waals surface area contributed by atoms with Crippen LogP contribution in [0.5, 0.6) is 11.5 Å². The van der Waals surface area contributed by atoms with E-state index in [1.165, 1.54) is 19.9 Å². The summed E-state index contributed by atoms with van der Waals surface area (Å²) in [6, 6.07) is 3.66. The molecule has 27 heavy (non-hydrogen) atoms. The average Bonchev–Trinajstić information content (AvgIpc) is 2.53. The van der Waals surface area contributed by atoms with Crippen molar-refractivity contribution in [3.63, 3.8) is 0 Å². The van der Waals surface area contributed by atoms with E-state index < -0.39 is 23.9 Å². The van der Waals surface area contributed by atoms with Gasteiger partial charge in [0.2, 0.25) is 5.91 Å².